The summed E-state index contributed by atoms with van der Waals surface area (Å²) in [6.07, 6.45) is 8.83. The van der Waals surface area contributed by atoms with Crippen LogP contribution < -0.4 is 15.7 Å². The molecule has 1 amide bonds. The molecular weight excluding hydrogens is 370 g/mol. The Bertz CT molecular complexity index is 663. The predicted octanol–water partition coefficient (Wildman–Crippen LogP) is 3.04. The zero-order chi connectivity index (χ0) is 20.6. The van der Waals surface area contributed by atoms with Gasteiger partial charge in [0.1, 0.15) is 6.04 Å². The molecule has 0 spiro atoms. The van der Waals surface area contributed by atoms with Gasteiger partial charge in [-0.1, -0.05) is 25.7 Å². The van der Waals surface area contributed by atoms with Crippen LogP contribution in [0.4, 0.5) is 5.69 Å². The molecule has 1 heterocycles. The number of nitrogens with one attached hydrogen (secondary N) is 2. The Morgan fingerprint density at radius 1 is 1.00 bits per heavy atom. The fourth-order valence-corrected chi connectivity index (χ4v) is 4.68. The van der Waals surface area contributed by atoms with Gasteiger partial charge in [-0.25, -0.2) is 5.48 Å². The fourth-order valence-electron chi connectivity index (χ4n) is 4.68. The van der Waals surface area contributed by atoms with Crippen molar-refractivity contribution in [2.45, 2.75) is 57.4 Å². The molecule has 0 bridgehead atoms. The second-order valence-electron chi connectivity index (χ2n) is 8.39. The first-order valence-electron chi connectivity index (χ1n) is 10.8. The highest BCUT2D eigenvalue weighted by Gasteiger charge is 2.29. The minimum atomic E-state index is -0.707. The van der Waals surface area contributed by atoms with Gasteiger partial charge in [0.25, 0.3) is 5.91 Å². The predicted molar refractivity (Wildman–Crippen MR) is 111 cm³/mol. The summed E-state index contributed by atoms with van der Waals surface area (Å²) >= 11 is 0. The molecule has 1 aromatic carbocycles. The van der Waals surface area contributed by atoms with Gasteiger partial charge in [-0.2, -0.15) is 0 Å². The van der Waals surface area contributed by atoms with Crippen molar-refractivity contribution in [3.05, 3.63) is 29.8 Å². The highest BCUT2D eigenvalue weighted by atomic mass is 16.5. The molecule has 0 radical (unpaired) electrons. The Kier molecular flexibility index (Phi) is 7.89. The number of hydrogen-bond donors (Lipinski definition) is 4. The molecule has 1 saturated heterocycles. The van der Waals surface area contributed by atoms with Crippen molar-refractivity contribution in [3.63, 3.8) is 0 Å². The van der Waals surface area contributed by atoms with Crippen LogP contribution >= 0.6 is 0 Å². The summed E-state index contributed by atoms with van der Waals surface area (Å²) in [5.74, 6) is -0.479. The first-order valence-corrected chi connectivity index (χ1v) is 10.8. The summed E-state index contributed by atoms with van der Waals surface area (Å²) in [6, 6.07) is 6.79. The Labute approximate surface area is 172 Å². The largest absolute Gasteiger partial charge is 0.480 e. The van der Waals surface area contributed by atoms with Gasteiger partial charge >= 0.3 is 5.97 Å². The van der Waals surface area contributed by atoms with Gasteiger partial charge in [-0.3, -0.25) is 14.8 Å². The number of carbonyl (C=O) groups excluding carboxylic acids is 1. The van der Waals surface area contributed by atoms with Gasteiger partial charge < -0.3 is 15.3 Å². The summed E-state index contributed by atoms with van der Waals surface area (Å²) in [7, 11) is 0. The smallest absolute Gasteiger partial charge is 0.320 e. The molecule has 0 aromatic heterocycles. The van der Waals surface area contributed by atoms with Crippen molar-refractivity contribution in [2.75, 3.05) is 24.5 Å². The van der Waals surface area contributed by atoms with Gasteiger partial charge in [0.05, 0.1) is 0 Å². The van der Waals surface area contributed by atoms with Crippen LogP contribution in [-0.2, 0) is 4.79 Å². The number of carbonyl (C=O) groups is 2. The number of rotatable bonds is 7. The third-order valence-corrected chi connectivity index (χ3v) is 6.47. The summed E-state index contributed by atoms with van der Waals surface area (Å²) in [4.78, 5) is 25.5. The van der Waals surface area contributed by atoms with E-state index < -0.39 is 17.9 Å². The van der Waals surface area contributed by atoms with Crippen LogP contribution in [0.5, 0.6) is 0 Å². The lowest BCUT2D eigenvalue weighted by Gasteiger charge is -2.35. The van der Waals surface area contributed by atoms with Crippen LogP contribution in [0.3, 0.4) is 0 Å². The summed E-state index contributed by atoms with van der Waals surface area (Å²) < 4.78 is 0. The molecule has 4 N–H and O–H groups in total. The molecule has 1 aliphatic carbocycles. The van der Waals surface area contributed by atoms with Crippen LogP contribution in [0.2, 0.25) is 0 Å². The average Bonchev–Trinajstić information content (AvgIpc) is 3.03. The Morgan fingerprint density at radius 3 is 2.17 bits per heavy atom. The standard InChI is InChI=1S/C22H33N3O4/c26-21(24-29)18-7-9-19(10-8-18)25-13-11-16(12-14-25)15-23-20(22(27)28)17-5-3-1-2-4-6-17/h7-10,16-17,20,23,29H,1-6,11-15H2,(H,24,26)(H,27,28)/t20-/m0/s1. The molecule has 1 aromatic rings. The van der Waals surface area contributed by atoms with E-state index in [2.05, 4.69) is 10.2 Å². The molecule has 3 rings (SSSR count). The third-order valence-electron chi connectivity index (χ3n) is 6.47. The summed E-state index contributed by atoms with van der Waals surface area (Å²) in [6.45, 7) is 2.59. The van der Waals surface area contributed by atoms with E-state index in [-0.39, 0.29) is 5.92 Å². The Balaban J connectivity index is 1.47. The minimum absolute atomic E-state index is 0.254. The molecule has 1 atom stereocenters. The molecule has 7 nitrogen and oxygen atoms in total. The molecule has 1 aliphatic heterocycles. The normalized spacial score (nSPS) is 20.1. The minimum Gasteiger partial charge on any atom is -0.480 e. The van der Waals surface area contributed by atoms with Crippen molar-refractivity contribution in [1.82, 2.24) is 10.8 Å². The second kappa shape index (κ2) is 10.6. The maximum Gasteiger partial charge on any atom is 0.320 e. The topological polar surface area (TPSA) is 102 Å². The summed E-state index contributed by atoms with van der Waals surface area (Å²) in [5.41, 5.74) is 3.13. The number of hydroxylamine groups is 1. The van der Waals surface area contributed by atoms with E-state index in [1.165, 1.54) is 12.8 Å². The van der Waals surface area contributed by atoms with E-state index >= 15 is 0 Å². The zero-order valence-corrected chi connectivity index (χ0v) is 17.0. The number of carboxylic acids is 1. The molecule has 29 heavy (non-hydrogen) atoms. The van der Waals surface area contributed by atoms with Crippen molar-refractivity contribution in [3.8, 4) is 0 Å². The van der Waals surface area contributed by atoms with E-state index in [1.807, 2.05) is 12.1 Å². The van der Waals surface area contributed by atoms with Crippen molar-refractivity contribution < 1.29 is 19.9 Å². The van der Waals surface area contributed by atoms with Gasteiger partial charge in [0.2, 0.25) is 0 Å². The number of hydrogen-bond acceptors (Lipinski definition) is 5. The van der Waals surface area contributed by atoms with Crippen molar-refractivity contribution >= 4 is 17.6 Å². The number of piperidine rings is 1. The molecule has 0 unspecified atom stereocenters. The molecule has 2 aliphatic rings. The number of nitrogens with zero attached hydrogens (tertiary/aromatic N) is 1. The maximum atomic E-state index is 11.8. The Morgan fingerprint density at radius 2 is 1.62 bits per heavy atom. The first-order chi connectivity index (χ1) is 14.1. The lowest BCUT2D eigenvalue weighted by atomic mass is 9.90. The second-order valence-corrected chi connectivity index (χ2v) is 8.39. The molecular formula is C22H33N3O4. The van der Waals surface area contributed by atoms with Gasteiger partial charge in [-0.15, -0.1) is 0 Å². The van der Waals surface area contributed by atoms with Gasteiger partial charge in [0.15, 0.2) is 0 Å². The molecule has 160 valence electrons. The molecule has 1 saturated carbocycles. The third kappa shape index (κ3) is 5.93. The Hall–Kier alpha value is -2.12. The highest BCUT2D eigenvalue weighted by Crippen LogP contribution is 2.27. The number of carboxylic acid groups (broad SMARTS) is 1. The van der Waals surface area contributed by atoms with Crippen LogP contribution in [-0.4, -0.2) is 47.9 Å². The molecule has 7 heteroatoms. The highest BCUT2D eigenvalue weighted by molar-refractivity contribution is 5.93. The van der Waals surface area contributed by atoms with Gasteiger partial charge in [0, 0.05) is 24.3 Å². The quantitative estimate of drug-likeness (QED) is 0.317. The number of benzene rings is 1. The van der Waals surface area contributed by atoms with E-state index in [0.29, 0.717) is 11.5 Å². The fraction of sp³-hybridized carbons (Fsp3) is 0.636. The van der Waals surface area contributed by atoms with Gasteiger partial charge in [-0.05, 0) is 68.3 Å². The first kappa shape index (κ1) is 21.6. The number of aliphatic carboxylic acids is 1. The van der Waals surface area contributed by atoms with Crippen LogP contribution in [0.15, 0.2) is 24.3 Å². The van der Waals surface area contributed by atoms with Crippen LogP contribution in [0.25, 0.3) is 0 Å². The van der Waals surface area contributed by atoms with Crippen LogP contribution in [0.1, 0.15) is 61.7 Å². The van der Waals surface area contributed by atoms with Crippen LogP contribution in [0, 0.1) is 11.8 Å². The number of anilines is 1. The number of amides is 1. The monoisotopic (exact) mass is 403 g/mol. The molecule has 2 fully saturated rings. The SMILES string of the molecule is O=C(NO)c1ccc(N2CCC(CN[C@H](C(=O)O)C3CCCCCC3)CC2)cc1. The average molecular weight is 404 g/mol. The van der Waals surface area contributed by atoms with E-state index in [1.54, 1.807) is 17.6 Å². The maximum absolute atomic E-state index is 11.8. The van der Waals surface area contributed by atoms with Crippen molar-refractivity contribution in [2.24, 2.45) is 11.8 Å². The lowest BCUT2D eigenvalue weighted by Crippen LogP contribution is -2.46. The van der Waals surface area contributed by atoms with Crippen molar-refractivity contribution in [1.29, 1.82) is 0 Å². The van der Waals surface area contributed by atoms with E-state index in [0.717, 1.165) is 63.8 Å². The van der Waals surface area contributed by atoms with E-state index in [9.17, 15) is 14.7 Å². The summed E-state index contributed by atoms with van der Waals surface area (Å²) in [5, 5.41) is 21.8. The van der Waals surface area contributed by atoms with E-state index in [4.69, 9.17) is 5.21 Å². The lowest BCUT2D eigenvalue weighted by molar-refractivity contribution is -0.141. The zero-order valence-electron chi connectivity index (χ0n) is 17.0.